The van der Waals surface area contributed by atoms with Crippen LogP contribution in [-0.2, 0) is 25.5 Å². The van der Waals surface area contributed by atoms with Gasteiger partial charge in [-0.1, -0.05) is 30.3 Å². The highest BCUT2D eigenvalue weighted by Gasteiger charge is 2.32. The van der Waals surface area contributed by atoms with Crippen molar-refractivity contribution in [2.24, 2.45) is 0 Å². The molecule has 1 unspecified atom stereocenters. The first kappa shape index (κ1) is 16.4. The number of carbonyl (C=O) groups excluding carboxylic acids is 2. The Balaban J connectivity index is 1.52. The molecule has 0 saturated carbocycles. The van der Waals surface area contributed by atoms with Crippen LogP contribution in [0.5, 0.6) is 0 Å². The first-order valence-electron chi connectivity index (χ1n) is 8.22. The van der Waals surface area contributed by atoms with Crippen molar-refractivity contribution < 1.29 is 19.1 Å². The van der Waals surface area contributed by atoms with Crippen molar-refractivity contribution in [3.8, 4) is 0 Å². The van der Waals surface area contributed by atoms with Crippen LogP contribution in [0.2, 0.25) is 0 Å². The Morgan fingerprint density at radius 1 is 1.25 bits per heavy atom. The summed E-state index contributed by atoms with van der Waals surface area (Å²) < 4.78 is 10.7. The minimum atomic E-state index is -0.310. The summed E-state index contributed by atoms with van der Waals surface area (Å²) in [4.78, 5) is 26.2. The van der Waals surface area contributed by atoms with Crippen molar-refractivity contribution in [2.75, 3.05) is 26.3 Å². The van der Waals surface area contributed by atoms with Gasteiger partial charge in [-0.2, -0.15) is 0 Å². The van der Waals surface area contributed by atoms with E-state index in [1.54, 1.807) is 11.8 Å². The highest BCUT2D eigenvalue weighted by Crippen LogP contribution is 2.16. The number of nitrogens with zero attached hydrogens (tertiary/aromatic N) is 1. The van der Waals surface area contributed by atoms with Crippen LogP contribution in [0.15, 0.2) is 41.9 Å². The molecule has 0 radical (unpaired) electrons. The van der Waals surface area contributed by atoms with Gasteiger partial charge in [-0.05, 0) is 18.9 Å². The molecule has 2 aliphatic rings. The topological polar surface area (TPSA) is 67.9 Å². The average molecular weight is 330 g/mol. The molecule has 128 valence electrons. The van der Waals surface area contributed by atoms with E-state index >= 15 is 0 Å². The Kier molecular flexibility index (Phi) is 5.03. The van der Waals surface area contributed by atoms with Crippen LogP contribution in [0.3, 0.4) is 0 Å². The molecule has 1 fully saturated rings. The van der Waals surface area contributed by atoms with Gasteiger partial charge in [-0.15, -0.1) is 0 Å². The third-order valence-corrected chi connectivity index (χ3v) is 4.24. The number of allylic oxidation sites excluding steroid dienone is 1. The van der Waals surface area contributed by atoms with Crippen molar-refractivity contribution in [2.45, 2.75) is 25.8 Å². The average Bonchev–Trinajstić information content (AvgIpc) is 2.93. The molecule has 2 heterocycles. The lowest BCUT2D eigenvalue weighted by atomic mass is 10.1. The van der Waals surface area contributed by atoms with Crippen molar-refractivity contribution in [3.63, 3.8) is 0 Å². The largest absolute Gasteiger partial charge is 0.491 e. The molecule has 24 heavy (non-hydrogen) atoms. The highest BCUT2D eigenvalue weighted by atomic mass is 16.6. The second-order valence-corrected chi connectivity index (χ2v) is 6.03. The van der Waals surface area contributed by atoms with Crippen molar-refractivity contribution in [3.05, 3.63) is 47.4 Å². The van der Waals surface area contributed by atoms with Crippen LogP contribution < -0.4 is 5.32 Å². The molecule has 0 aliphatic carbocycles. The minimum absolute atomic E-state index is 0.0720. The fraction of sp³-hybridized carbons (Fsp3) is 0.444. The third kappa shape index (κ3) is 3.88. The molecule has 1 atom stereocenters. The zero-order valence-corrected chi connectivity index (χ0v) is 13.8. The van der Waals surface area contributed by atoms with Gasteiger partial charge in [0, 0.05) is 19.5 Å². The van der Waals surface area contributed by atoms with E-state index in [-0.39, 0.29) is 23.6 Å². The van der Waals surface area contributed by atoms with E-state index in [0.717, 1.165) is 6.42 Å². The van der Waals surface area contributed by atoms with Crippen molar-refractivity contribution >= 4 is 11.8 Å². The molecular weight excluding hydrogens is 308 g/mol. The fourth-order valence-corrected chi connectivity index (χ4v) is 2.98. The van der Waals surface area contributed by atoms with Gasteiger partial charge in [0.1, 0.15) is 19.0 Å². The smallest absolute Gasteiger partial charge is 0.290 e. The molecule has 0 bridgehead atoms. The standard InChI is InChI=1S/C18H22N2O4/c1-13-17(24-10-9-23-13)18(22)19-15-11-16(21)20(12-15)8-7-14-5-3-2-4-6-14/h2-6,15H,7-12H2,1H3,(H,19,22). The molecule has 3 rings (SSSR count). The van der Waals surface area contributed by atoms with Gasteiger partial charge < -0.3 is 19.7 Å². The first-order valence-corrected chi connectivity index (χ1v) is 8.22. The Labute approximate surface area is 141 Å². The third-order valence-electron chi connectivity index (χ3n) is 4.24. The number of rotatable bonds is 5. The van der Waals surface area contributed by atoms with Crippen molar-refractivity contribution in [1.29, 1.82) is 0 Å². The summed E-state index contributed by atoms with van der Waals surface area (Å²) in [6.07, 6.45) is 1.14. The highest BCUT2D eigenvalue weighted by molar-refractivity contribution is 5.93. The Morgan fingerprint density at radius 2 is 2.00 bits per heavy atom. The summed E-state index contributed by atoms with van der Waals surface area (Å²) in [5.41, 5.74) is 1.20. The summed E-state index contributed by atoms with van der Waals surface area (Å²) >= 11 is 0. The zero-order valence-electron chi connectivity index (χ0n) is 13.8. The van der Waals surface area contributed by atoms with Crippen LogP contribution in [0.1, 0.15) is 18.9 Å². The maximum absolute atomic E-state index is 12.3. The normalized spacial score (nSPS) is 20.6. The van der Waals surface area contributed by atoms with Gasteiger partial charge in [0.25, 0.3) is 5.91 Å². The van der Waals surface area contributed by atoms with Gasteiger partial charge in [-0.25, -0.2) is 0 Å². The van der Waals surface area contributed by atoms with E-state index in [0.29, 0.717) is 38.5 Å². The second-order valence-electron chi connectivity index (χ2n) is 6.03. The number of likely N-dealkylation sites (tertiary alicyclic amines) is 1. The molecule has 6 nitrogen and oxygen atoms in total. The van der Waals surface area contributed by atoms with Gasteiger partial charge in [0.2, 0.25) is 11.7 Å². The molecule has 1 N–H and O–H groups in total. The molecule has 2 aliphatic heterocycles. The van der Waals surface area contributed by atoms with E-state index in [1.807, 2.05) is 18.2 Å². The Bertz CT molecular complexity index is 642. The second kappa shape index (κ2) is 7.38. The quantitative estimate of drug-likeness (QED) is 0.882. The number of ether oxygens (including phenoxy) is 2. The lowest BCUT2D eigenvalue weighted by molar-refractivity contribution is -0.127. The number of hydrogen-bond donors (Lipinski definition) is 1. The van der Waals surface area contributed by atoms with Crippen LogP contribution in [-0.4, -0.2) is 49.1 Å². The van der Waals surface area contributed by atoms with Crippen LogP contribution >= 0.6 is 0 Å². The van der Waals surface area contributed by atoms with Crippen LogP contribution in [0.25, 0.3) is 0 Å². The van der Waals surface area contributed by atoms with Gasteiger partial charge in [0.15, 0.2) is 0 Å². The minimum Gasteiger partial charge on any atom is -0.491 e. The summed E-state index contributed by atoms with van der Waals surface area (Å²) in [6.45, 7) is 3.73. The summed E-state index contributed by atoms with van der Waals surface area (Å²) in [6, 6.07) is 9.87. The van der Waals surface area contributed by atoms with E-state index in [9.17, 15) is 9.59 Å². The summed E-state index contributed by atoms with van der Waals surface area (Å²) in [5.74, 6) is 0.470. The Hall–Kier alpha value is -2.50. The van der Waals surface area contributed by atoms with E-state index in [4.69, 9.17) is 9.47 Å². The number of nitrogens with one attached hydrogen (secondary N) is 1. The monoisotopic (exact) mass is 330 g/mol. The summed E-state index contributed by atoms with van der Waals surface area (Å²) in [7, 11) is 0. The molecule has 1 aromatic rings. The van der Waals surface area contributed by atoms with E-state index < -0.39 is 0 Å². The summed E-state index contributed by atoms with van der Waals surface area (Å²) in [5, 5.41) is 2.87. The molecule has 6 heteroatoms. The van der Waals surface area contributed by atoms with Crippen molar-refractivity contribution in [1.82, 2.24) is 10.2 Å². The molecule has 2 amide bonds. The predicted molar refractivity (Wildman–Crippen MR) is 87.9 cm³/mol. The van der Waals surface area contributed by atoms with Gasteiger partial charge in [-0.3, -0.25) is 9.59 Å². The molecule has 0 aromatic heterocycles. The van der Waals surface area contributed by atoms with E-state index in [2.05, 4.69) is 17.4 Å². The molecule has 1 saturated heterocycles. The van der Waals surface area contributed by atoms with E-state index in [1.165, 1.54) is 5.56 Å². The fourth-order valence-electron chi connectivity index (χ4n) is 2.98. The van der Waals surface area contributed by atoms with Crippen LogP contribution in [0, 0.1) is 0 Å². The number of hydrogen-bond acceptors (Lipinski definition) is 4. The zero-order chi connectivity index (χ0) is 16.9. The maximum atomic E-state index is 12.3. The predicted octanol–water partition coefficient (Wildman–Crippen LogP) is 1.22. The van der Waals surface area contributed by atoms with Gasteiger partial charge in [0.05, 0.1) is 6.04 Å². The lowest BCUT2D eigenvalue weighted by Crippen LogP contribution is -2.39. The lowest BCUT2D eigenvalue weighted by Gasteiger charge is -2.21. The number of amides is 2. The number of carbonyl (C=O) groups is 2. The number of benzene rings is 1. The molecule has 1 aromatic carbocycles. The van der Waals surface area contributed by atoms with Crippen LogP contribution in [0.4, 0.5) is 0 Å². The molecule has 0 spiro atoms. The Morgan fingerprint density at radius 3 is 2.75 bits per heavy atom. The van der Waals surface area contributed by atoms with Gasteiger partial charge >= 0.3 is 0 Å². The first-order chi connectivity index (χ1) is 11.6. The SMILES string of the molecule is CC1=C(C(=O)NC2CC(=O)N(CCc3ccccc3)C2)OCCO1. The molecular formula is C18H22N2O4. The maximum Gasteiger partial charge on any atom is 0.290 e.